The second kappa shape index (κ2) is 14.8. The highest BCUT2D eigenvalue weighted by atomic mass is 16.2. The van der Waals surface area contributed by atoms with E-state index in [0.29, 0.717) is 13.1 Å². The molecule has 4 aromatic carbocycles. The third-order valence-electron chi connectivity index (χ3n) is 10.7. The molecule has 2 N–H and O–H groups in total. The largest absolute Gasteiger partial charge is 0.341 e. The Morgan fingerprint density at radius 1 is 0.556 bits per heavy atom. The van der Waals surface area contributed by atoms with Gasteiger partial charge in [-0.15, -0.1) is 0 Å². The molecule has 6 atom stereocenters. The van der Waals surface area contributed by atoms with Crippen LogP contribution in [0.2, 0.25) is 0 Å². The number of rotatable bonds is 9. The standard InChI is InChI=1S/C42H42N8O4/c1-25(51)43-37(27-11-5-3-6-12-27)41(53)49-21-9-15-35(49)39-45-31-19-17-29(23-33(31)47-39)30-18-20-32-34(24-30)48-40(46-32)36-16-10-22-50(36)42(54)38(44-26(2)52)28-13-7-4-8-14-28/h3-8,11-14,17-20,23-24,35-40H,9-10,15-16,21-22H2,1-2H3,(H,43,51)(H,44,52)/t35?,36?,37-,38-,39?,40?/m1/s1. The van der Waals surface area contributed by atoms with Gasteiger partial charge in [-0.05, 0) is 72.2 Å². The van der Waals surface area contributed by atoms with Crippen molar-refractivity contribution in [3.05, 3.63) is 130 Å². The Hall–Kier alpha value is -6.04. The van der Waals surface area contributed by atoms with Crippen LogP contribution in [0.3, 0.4) is 0 Å². The maximum absolute atomic E-state index is 13.9. The van der Waals surface area contributed by atoms with Gasteiger partial charge < -0.3 is 20.4 Å². The Balaban J connectivity index is 1.01. The minimum atomic E-state index is -0.775. The number of carbonyl (C=O) groups is 4. The van der Waals surface area contributed by atoms with Crippen LogP contribution in [0.15, 0.2) is 117 Å². The maximum atomic E-state index is 13.9. The number of benzene rings is 4. The number of nitrogens with one attached hydrogen (secondary N) is 2. The molecule has 4 aromatic rings. The number of hydrogen-bond donors (Lipinski definition) is 2. The number of likely N-dealkylation sites (tertiary alicyclic amines) is 2. The number of amides is 4. The van der Waals surface area contributed by atoms with Gasteiger partial charge in [0.1, 0.15) is 12.1 Å². The highest BCUT2D eigenvalue weighted by Gasteiger charge is 2.40. The summed E-state index contributed by atoms with van der Waals surface area (Å²) in [5, 5.41) is 8.80. The van der Waals surface area contributed by atoms with Crippen LogP contribution in [0.25, 0.3) is 11.1 Å². The molecule has 0 aromatic heterocycles. The number of carbonyl (C=O) groups excluding carboxylic acids is 4. The monoisotopic (exact) mass is 722 g/mol. The SMILES string of the molecule is CC(=O)N[C@@H](C(=O)N1CCCC1C1N=c2ccc(-c3ccc4c(c3)=NC(C3CCCN3C(=O)[C@H](NC(C)=O)c3ccccc3)N=4)cc2=N1)c1ccccc1. The van der Waals surface area contributed by atoms with Crippen LogP contribution in [-0.2, 0) is 19.2 Å². The molecule has 0 saturated carbocycles. The summed E-state index contributed by atoms with van der Waals surface area (Å²) in [5.74, 6) is -0.836. The van der Waals surface area contributed by atoms with Crippen LogP contribution in [0, 0.1) is 0 Å². The van der Waals surface area contributed by atoms with E-state index in [4.69, 9.17) is 20.0 Å². The molecule has 4 aliphatic rings. The lowest BCUT2D eigenvalue weighted by Gasteiger charge is -2.30. The molecule has 4 heterocycles. The van der Waals surface area contributed by atoms with Crippen molar-refractivity contribution in [3.8, 4) is 11.1 Å². The first kappa shape index (κ1) is 35.0. The van der Waals surface area contributed by atoms with E-state index >= 15 is 0 Å². The van der Waals surface area contributed by atoms with Crippen molar-refractivity contribution in [2.75, 3.05) is 13.1 Å². The van der Waals surface area contributed by atoms with Crippen molar-refractivity contribution < 1.29 is 19.2 Å². The van der Waals surface area contributed by atoms with Crippen LogP contribution in [0.5, 0.6) is 0 Å². The van der Waals surface area contributed by atoms with Crippen molar-refractivity contribution in [1.82, 2.24) is 20.4 Å². The normalized spacial score (nSPS) is 22.1. The van der Waals surface area contributed by atoms with E-state index in [2.05, 4.69) is 10.6 Å². The summed E-state index contributed by atoms with van der Waals surface area (Å²) >= 11 is 0. The van der Waals surface area contributed by atoms with E-state index in [9.17, 15) is 19.2 Å². The summed E-state index contributed by atoms with van der Waals surface area (Å²) in [6, 6.07) is 28.7. The van der Waals surface area contributed by atoms with Gasteiger partial charge in [0.05, 0.1) is 33.5 Å². The predicted octanol–water partition coefficient (Wildman–Crippen LogP) is 2.25. The quantitative estimate of drug-likeness (QED) is 0.273. The first-order valence-corrected chi connectivity index (χ1v) is 18.6. The van der Waals surface area contributed by atoms with Crippen molar-refractivity contribution in [2.24, 2.45) is 20.0 Å². The third kappa shape index (κ3) is 6.91. The van der Waals surface area contributed by atoms with E-state index in [1.54, 1.807) is 0 Å². The maximum Gasteiger partial charge on any atom is 0.250 e. The first-order chi connectivity index (χ1) is 26.2. The Bertz CT molecular complexity index is 2200. The van der Waals surface area contributed by atoms with Crippen LogP contribution >= 0.6 is 0 Å². The average Bonchev–Trinajstić information content (AvgIpc) is 4.01. The molecule has 4 unspecified atom stereocenters. The molecule has 54 heavy (non-hydrogen) atoms. The van der Waals surface area contributed by atoms with Gasteiger partial charge in [0.15, 0.2) is 12.3 Å². The molecule has 12 heteroatoms. The molecule has 274 valence electrons. The zero-order valence-electron chi connectivity index (χ0n) is 30.3. The first-order valence-electron chi connectivity index (χ1n) is 18.6. The van der Waals surface area contributed by atoms with Gasteiger partial charge in [-0.2, -0.15) is 0 Å². The Kier molecular flexibility index (Phi) is 9.57. The number of fused-ring (bicyclic) bond motifs is 2. The fraction of sp³-hybridized carbons (Fsp3) is 0.333. The predicted molar refractivity (Wildman–Crippen MR) is 200 cm³/mol. The Morgan fingerprint density at radius 3 is 1.33 bits per heavy atom. The molecule has 12 nitrogen and oxygen atoms in total. The van der Waals surface area contributed by atoms with Crippen molar-refractivity contribution >= 4 is 23.6 Å². The molecule has 8 rings (SSSR count). The van der Waals surface area contributed by atoms with Gasteiger partial charge in [-0.1, -0.05) is 72.8 Å². The molecular formula is C42H42N8O4. The highest BCUT2D eigenvalue weighted by Crippen LogP contribution is 2.29. The second-order valence-corrected chi connectivity index (χ2v) is 14.3. The molecule has 4 amide bonds. The summed E-state index contributed by atoms with van der Waals surface area (Å²) in [6.45, 7) is 4.01. The lowest BCUT2D eigenvalue weighted by Crippen LogP contribution is -2.47. The van der Waals surface area contributed by atoms with Gasteiger partial charge >= 0.3 is 0 Å². The Labute approximate surface area is 312 Å². The van der Waals surface area contributed by atoms with Crippen LogP contribution in [-0.4, -0.2) is 70.9 Å². The van der Waals surface area contributed by atoms with Crippen LogP contribution in [0.1, 0.15) is 62.7 Å². The topological polar surface area (TPSA) is 148 Å². The fourth-order valence-electron chi connectivity index (χ4n) is 8.16. The molecular weight excluding hydrogens is 681 g/mol. The van der Waals surface area contributed by atoms with E-state index in [-0.39, 0.29) is 35.7 Å². The van der Waals surface area contributed by atoms with Gasteiger partial charge in [-0.3, -0.25) is 39.1 Å². The molecule has 4 aliphatic heterocycles. The minimum absolute atomic E-state index is 0.152. The van der Waals surface area contributed by atoms with Gasteiger partial charge in [0, 0.05) is 26.9 Å². The summed E-state index contributed by atoms with van der Waals surface area (Å²) in [5.41, 5.74) is 3.40. The van der Waals surface area contributed by atoms with Crippen molar-refractivity contribution in [2.45, 2.75) is 76.0 Å². The number of nitrogens with zero attached hydrogens (tertiary/aromatic N) is 6. The Morgan fingerprint density at radius 2 is 0.944 bits per heavy atom. The molecule has 0 aliphatic carbocycles. The van der Waals surface area contributed by atoms with E-state index < -0.39 is 24.4 Å². The van der Waals surface area contributed by atoms with Gasteiger partial charge in [-0.25, -0.2) is 0 Å². The van der Waals surface area contributed by atoms with E-state index in [1.807, 2.05) is 107 Å². The van der Waals surface area contributed by atoms with Gasteiger partial charge in [0.2, 0.25) is 23.6 Å². The van der Waals surface area contributed by atoms with E-state index in [0.717, 1.165) is 69.4 Å². The molecule has 0 spiro atoms. The van der Waals surface area contributed by atoms with Crippen LogP contribution < -0.4 is 32.1 Å². The molecule has 2 saturated heterocycles. The minimum Gasteiger partial charge on any atom is -0.341 e. The van der Waals surface area contributed by atoms with Crippen LogP contribution in [0.4, 0.5) is 0 Å². The van der Waals surface area contributed by atoms with Crippen molar-refractivity contribution in [1.29, 1.82) is 0 Å². The fourth-order valence-corrected chi connectivity index (χ4v) is 8.16. The molecule has 2 fully saturated rings. The lowest BCUT2D eigenvalue weighted by molar-refractivity contribution is -0.137. The molecule has 0 bridgehead atoms. The molecule has 0 radical (unpaired) electrons. The zero-order valence-corrected chi connectivity index (χ0v) is 30.3. The lowest BCUT2D eigenvalue weighted by atomic mass is 10.0. The summed E-state index contributed by atoms with van der Waals surface area (Å²) in [7, 11) is 0. The third-order valence-corrected chi connectivity index (χ3v) is 10.7. The summed E-state index contributed by atoms with van der Waals surface area (Å²) < 4.78 is 0. The van der Waals surface area contributed by atoms with Crippen molar-refractivity contribution in [3.63, 3.8) is 0 Å². The number of hydrogen-bond acceptors (Lipinski definition) is 8. The summed E-state index contributed by atoms with van der Waals surface area (Å²) in [6.07, 6.45) is 2.34. The summed E-state index contributed by atoms with van der Waals surface area (Å²) in [4.78, 5) is 75.6. The highest BCUT2D eigenvalue weighted by molar-refractivity contribution is 5.89. The smallest absolute Gasteiger partial charge is 0.250 e. The zero-order chi connectivity index (χ0) is 37.3. The van der Waals surface area contributed by atoms with Gasteiger partial charge in [0.25, 0.3) is 0 Å². The average molecular weight is 723 g/mol. The van der Waals surface area contributed by atoms with E-state index in [1.165, 1.54) is 13.8 Å². The second-order valence-electron chi connectivity index (χ2n) is 14.3.